The highest BCUT2D eigenvalue weighted by Gasteiger charge is 2.44. The van der Waals surface area contributed by atoms with Crippen LogP contribution in [0.3, 0.4) is 0 Å². The fourth-order valence-electron chi connectivity index (χ4n) is 7.69. The van der Waals surface area contributed by atoms with E-state index >= 15 is 0 Å². The monoisotopic (exact) mass is 863 g/mol. The number of benzene rings is 3. The fraction of sp³-hybridized carbons (Fsp3) is 0.477. The summed E-state index contributed by atoms with van der Waals surface area (Å²) in [5.74, 6) is -1.92. The van der Waals surface area contributed by atoms with Crippen molar-refractivity contribution in [2.45, 2.75) is 108 Å². The number of rotatable bonds is 16. The molecule has 2 fully saturated rings. The summed E-state index contributed by atoms with van der Waals surface area (Å²) < 4.78 is 23.3. The average molecular weight is 864 g/mol. The highest BCUT2D eigenvalue weighted by Crippen LogP contribution is 2.28. The van der Waals surface area contributed by atoms with Crippen LogP contribution in [0, 0.1) is 5.82 Å². The van der Waals surface area contributed by atoms with Crippen LogP contribution >= 0.6 is 0 Å². The van der Waals surface area contributed by atoms with Crippen molar-refractivity contribution in [3.05, 3.63) is 89.7 Å². The summed E-state index contributed by atoms with van der Waals surface area (Å²) in [6.45, 7) is 7.04. The molecule has 7 N–H and O–H groups in total. The number of amides is 5. The van der Waals surface area contributed by atoms with Crippen LogP contribution < -0.4 is 26.2 Å². The van der Waals surface area contributed by atoms with Crippen molar-refractivity contribution in [3.63, 3.8) is 0 Å². The van der Waals surface area contributed by atoms with Crippen molar-refractivity contribution in [2.24, 2.45) is 0 Å². The van der Waals surface area contributed by atoms with E-state index in [4.69, 9.17) is 0 Å². The number of nitrogens with one attached hydrogen (secondary N) is 4. The number of ether oxygens (including phenoxy) is 2. The van der Waals surface area contributed by atoms with Gasteiger partial charge in [0.25, 0.3) is 0 Å². The van der Waals surface area contributed by atoms with E-state index < -0.39 is 71.5 Å². The molecule has 0 radical (unpaired) electrons. The van der Waals surface area contributed by atoms with Crippen molar-refractivity contribution in [1.82, 2.24) is 20.4 Å². The quantitative estimate of drug-likeness (QED) is 0.103. The lowest BCUT2D eigenvalue weighted by Gasteiger charge is -2.36. The van der Waals surface area contributed by atoms with Gasteiger partial charge in [0.15, 0.2) is 0 Å². The highest BCUT2D eigenvalue weighted by atomic mass is 19.1. The number of carbonyl (C=O) groups is 5. The number of carbonyl (C=O) groups excluding carboxylic acids is 5. The molecule has 5 unspecified atom stereocenters. The Labute approximate surface area is 360 Å². The molecule has 2 aliphatic rings. The smallest absolute Gasteiger partial charge is 0.407 e. The molecule has 0 aliphatic carbocycles. The third-order valence-corrected chi connectivity index (χ3v) is 11.0. The molecule has 62 heavy (non-hydrogen) atoms. The highest BCUT2D eigenvalue weighted by molar-refractivity contribution is 5.99. The average Bonchev–Trinajstić information content (AvgIpc) is 3.93. The molecule has 5 rings (SSSR count). The maximum atomic E-state index is 14.0. The lowest BCUT2D eigenvalue weighted by Crippen LogP contribution is -2.60. The van der Waals surface area contributed by atoms with Crippen LogP contribution in [0.25, 0.3) is 0 Å². The van der Waals surface area contributed by atoms with E-state index in [1.807, 2.05) is 24.3 Å². The topological polar surface area (TPSA) is 222 Å². The van der Waals surface area contributed by atoms with Gasteiger partial charge in [0.2, 0.25) is 17.7 Å². The normalized spacial score (nSPS) is 18.0. The minimum atomic E-state index is -1.63. The summed E-state index contributed by atoms with van der Waals surface area (Å²) >= 11 is 0. The van der Waals surface area contributed by atoms with Gasteiger partial charge < -0.3 is 60.8 Å². The molecule has 3 aromatic carbocycles. The van der Waals surface area contributed by atoms with E-state index in [0.29, 0.717) is 56.7 Å². The third kappa shape index (κ3) is 12.1. The number of hydrogen-bond donors (Lipinski definition) is 7. The predicted molar refractivity (Wildman–Crippen MR) is 228 cm³/mol. The first kappa shape index (κ1) is 47.1. The van der Waals surface area contributed by atoms with Crippen molar-refractivity contribution in [2.75, 3.05) is 42.8 Å². The fourth-order valence-corrected chi connectivity index (χ4v) is 7.69. The zero-order chi connectivity index (χ0) is 45.4. The van der Waals surface area contributed by atoms with Gasteiger partial charge in [-0.2, -0.15) is 0 Å². The number of hydrogen-bond acceptors (Lipinski definition) is 12. The predicted octanol–water partition coefficient (Wildman–Crippen LogP) is 3.67. The Kier molecular flexibility index (Phi) is 15.4. The lowest BCUT2D eigenvalue weighted by molar-refractivity contribution is -0.143. The molecule has 0 bridgehead atoms. The number of anilines is 3. The van der Waals surface area contributed by atoms with Crippen LogP contribution in [0.5, 0.6) is 0 Å². The van der Waals surface area contributed by atoms with Crippen LogP contribution in [0.4, 0.5) is 31.0 Å². The van der Waals surface area contributed by atoms with E-state index in [9.17, 15) is 43.7 Å². The maximum absolute atomic E-state index is 14.0. The molecule has 18 heteroatoms. The number of aliphatic hydroxyl groups is 3. The van der Waals surface area contributed by atoms with Gasteiger partial charge in [0.05, 0.1) is 31.5 Å². The molecule has 2 aliphatic heterocycles. The second-order valence-electron chi connectivity index (χ2n) is 16.7. The van der Waals surface area contributed by atoms with Gasteiger partial charge in [0.1, 0.15) is 30.2 Å². The first-order valence-corrected chi connectivity index (χ1v) is 20.5. The Morgan fingerprint density at radius 1 is 0.726 bits per heavy atom. The van der Waals surface area contributed by atoms with Gasteiger partial charge in [0, 0.05) is 43.2 Å². The maximum Gasteiger partial charge on any atom is 0.407 e. The number of methoxy groups -OCH3 is 2. The lowest BCUT2D eigenvalue weighted by atomic mass is 9.97. The Morgan fingerprint density at radius 2 is 1.19 bits per heavy atom. The van der Waals surface area contributed by atoms with E-state index in [-0.39, 0.29) is 12.4 Å². The minimum Gasteiger partial charge on any atom is -0.453 e. The molecule has 17 nitrogen and oxygen atoms in total. The molecular weight excluding hydrogens is 806 g/mol. The van der Waals surface area contributed by atoms with Crippen LogP contribution in [0.15, 0.2) is 72.8 Å². The van der Waals surface area contributed by atoms with E-state index in [0.717, 1.165) is 31.0 Å². The Balaban J connectivity index is 1.23. The summed E-state index contributed by atoms with van der Waals surface area (Å²) in [6, 6.07) is 16.7. The third-order valence-electron chi connectivity index (χ3n) is 11.0. The zero-order valence-electron chi connectivity index (χ0n) is 35.9. The van der Waals surface area contributed by atoms with Crippen molar-refractivity contribution in [3.8, 4) is 0 Å². The van der Waals surface area contributed by atoms with Gasteiger partial charge in [-0.05, 0) is 113 Å². The zero-order valence-corrected chi connectivity index (χ0v) is 35.9. The molecule has 0 aromatic heterocycles. The summed E-state index contributed by atoms with van der Waals surface area (Å²) in [6.07, 6.45) is -0.824. The van der Waals surface area contributed by atoms with Gasteiger partial charge in [-0.15, -0.1) is 0 Å². The molecule has 336 valence electrons. The molecule has 2 heterocycles. The SMILES string of the molecule is COC(=O)NC(C(=O)N1CCCC1C(=O)Nc1ccc(CN(Cc2ccc(NC(O)C3CCCN3C(=O)C(NC(=O)OC)C(C)(C)O)cc2)c2ccc(F)cc2)cc1)C(C)(C)O. The van der Waals surface area contributed by atoms with Gasteiger partial charge >= 0.3 is 12.2 Å². The molecular formula is C44H58FN7O10. The number of halogens is 1. The number of alkyl carbamates (subject to hydrolysis) is 2. The van der Waals surface area contributed by atoms with Crippen LogP contribution in [0.1, 0.15) is 64.5 Å². The minimum absolute atomic E-state index is 0.275. The molecule has 3 aromatic rings. The number of aliphatic hydroxyl groups excluding tert-OH is 1. The van der Waals surface area contributed by atoms with Crippen molar-refractivity contribution >= 4 is 47.0 Å². The summed E-state index contributed by atoms with van der Waals surface area (Å²) in [7, 11) is 2.31. The molecule has 5 amide bonds. The first-order chi connectivity index (χ1) is 29.3. The number of nitrogens with zero attached hydrogens (tertiary/aromatic N) is 3. The Morgan fingerprint density at radius 3 is 1.69 bits per heavy atom. The summed E-state index contributed by atoms with van der Waals surface area (Å²) in [5.41, 5.74) is 0.421. The second kappa shape index (κ2) is 20.3. The first-order valence-electron chi connectivity index (χ1n) is 20.5. The van der Waals surface area contributed by atoms with Crippen LogP contribution in [0.2, 0.25) is 0 Å². The standard InChI is InChI=1S/C44H58FN7O10/c1-43(2,59)35(48-41(57)61-5)39(55)51-23-7-9-33(51)37(53)46-30-17-11-27(12-18-30)25-50(32-21-15-29(45)16-22-32)26-28-13-19-31(20-14-28)47-38(54)34-10-8-24-52(34)40(56)36(44(3,4)60)49-42(58)62-6/h11-22,33-37,46,53,59-60H,7-10,23-26H2,1-6H3,(H,47,54)(H,48,57)(H,49,58). The summed E-state index contributed by atoms with van der Waals surface area (Å²) in [4.78, 5) is 69.3. The van der Waals surface area contributed by atoms with Crippen molar-refractivity contribution in [1.29, 1.82) is 0 Å². The van der Waals surface area contributed by atoms with Gasteiger partial charge in [-0.25, -0.2) is 14.0 Å². The van der Waals surface area contributed by atoms with E-state index in [1.165, 1.54) is 49.6 Å². The van der Waals surface area contributed by atoms with Gasteiger partial charge in [-0.3, -0.25) is 14.4 Å². The second-order valence-corrected chi connectivity index (χ2v) is 16.7. The molecule has 0 spiro atoms. The van der Waals surface area contributed by atoms with Gasteiger partial charge in [-0.1, -0.05) is 24.3 Å². The Hall–Kier alpha value is -5.98. The molecule has 2 saturated heterocycles. The van der Waals surface area contributed by atoms with Crippen LogP contribution in [-0.4, -0.2) is 124 Å². The Bertz CT molecular complexity index is 2020. The van der Waals surface area contributed by atoms with E-state index in [1.54, 1.807) is 36.4 Å². The van der Waals surface area contributed by atoms with Crippen LogP contribution in [-0.2, 0) is 36.9 Å². The molecule has 5 atom stereocenters. The molecule has 0 saturated carbocycles. The number of likely N-dealkylation sites (tertiary alicyclic amines) is 2. The summed E-state index contributed by atoms with van der Waals surface area (Å²) in [5, 5.41) is 43.3. The van der Waals surface area contributed by atoms with E-state index in [2.05, 4.69) is 35.6 Å². The largest absolute Gasteiger partial charge is 0.453 e. The van der Waals surface area contributed by atoms with Crippen molar-refractivity contribution < 1.29 is 53.2 Å².